The van der Waals surface area contributed by atoms with Crippen molar-refractivity contribution >= 4 is 11.5 Å². The molecule has 1 heterocycles. The summed E-state index contributed by atoms with van der Waals surface area (Å²) < 4.78 is 0. The van der Waals surface area contributed by atoms with Crippen molar-refractivity contribution in [3.63, 3.8) is 0 Å². The van der Waals surface area contributed by atoms with Gasteiger partial charge in [0.05, 0.1) is 0 Å². The van der Waals surface area contributed by atoms with E-state index in [1.54, 1.807) is 0 Å². The van der Waals surface area contributed by atoms with Gasteiger partial charge in [0.2, 0.25) is 0 Å². The molecule has 2 aromatic carbocycles. The molecule has 1 aliphatic heterocycles. The average molecular weight is 336 g/mol. The van der Waals surface area contributed by atoms with Crippen LogP contribution in [0.25, 0.3) is 0 Å². The highest BCUT2D eigenvalue weighted by Gasteiger charge is 2.30. The van der Waals surface area contributed by atoms with Gasteiger partial charge in [-0.1, -0.05) is 37.3 Å². The minimum Gasteiger partial charge on any atom is -0.371 e. The third-order valence-electron chi connectivity index (χ3n) is 5.19. The lowest BCUT2D eigenvalue weighted by molar-refractivity contribution is 0.0982. The fourth-order valence-electron chi connectivity index (χ4n) is 3.62. The van der Waals surface area contributed by atoms with E-state index in [4.69, 9.17) is 5.73 Å². The Balaban J connectivity index is 1.59. The summed E-state index contributed by atoms with van der Waals surface area (Å²) in [5, 5.41) is 0. The molecule has 132 valence electrons. The number of nitrogens with zero attached hydrogens (tertiary/aromatic N) is 1. The van der Waals surface area contributed by atoms with Crippen molar-refractivity contribution in [3.05, 3.63) is 65.7 Å². The van der Waals surface area contributed by atoms with Gasteiger partial charge in [-0.3, -0.25) is 4.79 Å². The quantitative estimate of drug-likeness (QED) is 0.804. The van der Waals surface area contributed by atoms with Gasteiger partial charge in [-0.15, -0.1) is 0 Å². The first-order valence-electron chi connectivity index (χ1n) is 9.31. The Labute approximate surface area is 150 Å². The molecule has 2 aromatic rings. The van der Waals surface area contributed by atoms with Gasteiger partial charge in [0.15, 0.2) is 5.78 Å². The summed E-state index contributed by atoms with van der Waals surface area (Å²) in [6, 6.07) is 18.6. The van der Waals surface area contributed by atoms with Crippen LogP contribution in [-0.2, 0) is 6.42 Å². The molecule has 3 nitrogen and oxygen atoms in total. The van der Waals surface area contributed by atoms with Crippen molar-refractivity contribution in [2.45, 2.75) is 44.6 Å². The zero-order valence-corrected chi connectivity index (χ0v) is 15.1. The third kappa shape index (κ3) is 4.49. The predicted molar refractivity (Wildman–Crippen MR) is 104 cm³/mol. The van der Waals surface area contributed by atoms with Gasteiger partial charge < -0.3 is 10.6 Å². The van der Waals surface area contributed by atoms with E-state index < -0.39 is 0 Å². The topological polar surface area (TPSA) is 46.3 Å². The van der Waals surface area contributed by atoms with Gasteiger partial charge in [-0.2, -0.15) is 0 Å². The van der Waals surface area contributed by atoms with E-state index in [-0.39, 0.29) is 11.3 Å². The number of Topliss-reactive ketones (excluding diaryl/α,β-unsaturated/α-hetero) is 1. The SMILES string of the molecule is CCCC(=O)c1ccc(N2CCC(N)(Cc3ccccc3)CC2)cc1. The molecule has 1 saturated heterocycles. The molecule has 3 heteroatoms. The Bertz CT molecular complexity index is 686. The van der Waals surface area contributed by atoms with Gasteiger partial charge in [0.1, 0.15) is 0 Å². The van der Waals surface area contributed by atoms with Crippen LogP contribution in [0, 0.1) is 0 Å². The number of hydrogen-bond donors (Lipinski definition) is 1. The molecule has 0 amide bonds. The molecule has 1 fully saturated rings. The molecule has 3 rings (SSSR count). The van der Waals surface area contributed by atoms with Crippen LogP contribution in [0.15, 0.2) is 54.6 Å². The maximum atomic E-state index is 12.0. The molecule has 2 N–H and O–H groups in total. The fraction of sp³-hybridized carbons (Fsp3) is 0.409. The van der Waals surface area contributed by atoms with Gasteiger partial charge in [0, 0.05) is 36.3 Å². The van der Waals surface area contributed by atoms with Gasteiger partial charge in [-0.05, 0) is 55.5 Å². The van der Waals surface area contributed by atoms with Crippen molar-refractivity contribution in [3.8, 4) is 0 Å². The van der Waals surface area contributed by atoms with Crippen molar-refractivity contribution in [1.82, 2.24) is 0 Å². The normalized spacial score (nSPS) is 16.6. The van der Waals surface area contributed by atoms with Crippen LogP contribution < -0.4 is 10.6 Å². The number of carbonyl (C=O) groups excluding carboxylic acids is 1. The van der Waals surface area contributed by atoms with Crippen molar-refractivity contribution in [2.24, 2.45) is 5.73 Å². The smallest absolute Gasteiger partial charge is 0.162 e. The van der Waals surface area contributed by atoms with Crippen LogP contribution in [0.1, 0.15) is 48.5 Å². The van der Waals surface area contributed by atoms with E-state index in [0.717, 1.165) is 44.3 Å². The van der Waals surface area contributed by atoms with E-state index in [1.165, 1.54) is 11.3 Å². The Morgan fingerprint density at radius 1 is 1.04 bits per heavy atom. The van der Waals surface area contributed by atoms with Gasteiger partial charge in [-0.25, -0.2) is 0 Å². The number of rotatable bonds is 6. The lowest BCUT2D eigenvalue weighted by Gasteiger charge is -2.40. The van der Waals surface area contributed by atoms with Crippen LogP contribution in [0.5, 0.6) is 0 Å². The molecule has 25 heavy (non-hydrogen) atoms. The molecule has 0 unspecified atom stereocenters. The summed E-state index contributed by atoms with van der Waals surface area (Å²) in [5.41, 5.74) is 9.87. The number of ketones is 1. The van der Waals surface area contributed by atoms with Gasteiger partial charge >= 0.3 is 0 Å². The molecule has 0 saturated carbocycles. The lowest BCUT2D eigenvalue weighted by Crippen LogP contribution is -2.51. The van der Waals surface area contributed by atoms with Crippen LogP contribution in [-0.4, -0.2) is 24.4 Å². The number of hydrogen-bond acceptors (Lipinski definition) is 3. The lowest BCUT2D eigenvalue weighted by atomic mass is 9.82. The monoisotopic (exact) mass is 336 g/mol. The molecule has 0 aromatic heterocycles. The number of nitrogens with two attached hydrogens (primary N) is 1. The first-order chi connectivity index (χ1) is 12.1. The highest BCUT2D eigenvalue weighted by molar-refractivity contribution is 5.96. The first kappa shape index (κ1) is 17.7. The second-order valence-electron chi connectivity index (χ2n) is 7.23. The molecular weight excluding hydrogens is 308 g/mol. The van der Waals surface area contributed by atoms with Crippen molar-refractivity contribution in [1.29, 1.82) is 0 Å². The Morgan fingerprint density at radius 3 is 2.28 bits per heavy atom. The Morgan fingerprint density at radius 2 is 1.68 bits per heavy atom. The second-order valence-corrected chi connectivity index (χ2v) is 7.23. The van der Waals surface area contributed by atoms with E-state index in [0.29, 0.717) is 6.42 Å². The van der Waals surface area contributed by atoms with E-state index in [1.807, 2.05) is 25.1 Å². The van der Waals surface area contributed by atoms with Crippen LogP contribution in [0.2, 0.25) is 0 Å². The van der Waals surface area contributed by atoms with Crippen LogP contribution in [0.4, 0.5) is 5.69 Å². The maximum Gasteiger partial charge on any atom is 0.162 e. The highest BCUT2D eigenvalue weighted by Crippen LogP contribution is 2.27. The minimum absolute atomic E-state index is 0.116. The van der Waals surface area contributed by atoms with E-state index in [9.17, 15) is 4.79 Å². The number of piperidine rings is 1. The molecule has 0 atom stereocenters. The van der Waals surface area contributed by atoms with E-state index >= 15 is 0 Å². The third-order valence-corrected chi connectivity index (χ3v) is 5.19. The summed E-state index contributed by atoms with van der Waals surface area (Å²) >= 11 is 0. The molecule has 0 aliphatic carbocycles. The predicted octanol–water partition coefficient (Wildman–Crippen LogP) is 4.21. The summed E-state index contributed by atoms with van der Waals surface area (Å²) in [7, 11) is 0. The molecule has 0 radical (unpaired) electrons. The molecule has 0 bridgehead atoms. The van der Waals surface area contributed by atoms with Crippen LogP contribution in [0.3, 0.4) is 0 Å². The molecule has 1 aliphatic rings. The number of carbonyl (C=O) groups is 1. The average Bonchev–Trinajstić information content (AvgIpc) is 2.63. The largest absolute Gasteiger partial charge is 0.371 e. The zero-order chi connectivity index (χ0) is 17.7. The number of benzene rings is 2. The number of anilines is 1. The summed E-state index contributed by atoms with van der Waals surface area (Å²) in [5.74, 6) is 0.233. The Hall–Kier alpha value is -2.13. The standard InChI is InChI=1S/C22H28N2O/c1-2-6-21(25)19-9-11-20(12-10-19)24-15-13-22(23,14-16-24)17-18-7-4-3-5-8-18/h3-5,7-12H,2,6,13-17,23H2,1H3. The van der Waals surface area contributed by atoms with Gasteiger partial charge in [0.25, 0.3) is 0 Å². The fourth-order valence-corrected chi connectivity index (χ4v) is 3.62. The zero-order valence-electron chi connectivity index (χ0n) is 15.1. The summed E-state index contributed by atoms with van der Waals surface area (Å²) in [6.45, 7) is 3.96. The summed E-state index contributed by atoms with van der Waals surface area (Å²) in [4.78, 5) is 14.3. The molecule has 0 spiro atoms. The Kier molecular flexibility index (Phi) is 5.54. The van der Waals surface area contributed by atoms with E-state index in [2.05, 4.69) is 41.3 Å². The highest BCUT2D eigenvalue weighted by atomic mass is 16.1. The van der Waals surface area contributed by atoms with Crippen molar-refractivity contribution in [2.75, 3.05) is 18.0 Å². The maximum absolute atomic E-state index is 12.0. The summed E-state index contributed by atoms with van der Waals surface area (Å²) in [6.07, 6.45) is 4.42. The second kappa shape index (κ2) is 7.83. The van der Waals surface area contributed by atoms with Crippen LogP contribution >= 0.6 is 0 Å². The van der Waals surface area contributed by atoms with Crippen molar-refractivity contribution < 1.29 is 4.79 Å². The molecular formula is C22H28N2O. The minimum atomic E-state index is -0.116. The first-order valence-corrected chi connectivity index (χ1v) is 9.31.